The molecule has 24 heavy (non-hydrogen) atoms. The molecule has 0 aliphatic rings. The molecule has 0 radical (unpaired) electrons. The molecule has 8 heteroatoms. The van der Waals surface area contributed by atoms with Gasteiger partial charge in [-0.15, -0.1) is 0 Å². The summed E-state index contributed by atoms with van der Waals surface area (Å²) in [5.41, 5.74) is -0.947. The van der Waals surface area contributed by atoms with Gasteiger partial charge in [-0.3, -0.25) is 4.79 Å². The first-order valence-electron chi connectivity index (χ1n) is 6.95. The van der Waals surface area contributed by atoms with Gasteiger partial charge < -0.3 is 14.5 Å². The molecule has 5 nitrogen and oxygen atoms in total. The standard InChI is InChI=1S/C16H14F3NO4/c1-10(14(21)20-9-13-3-2-8-23-13)24-15(22)11-4-6-12(7-5-11)16(17,18)19/h2-8,10H,9H2,1H3,(H,20,21)/t10-/m1/s1. The molecule has 1 amide bonds. The van der Waals surface area contributed by atoms with Crippen molar-refractivity contribution in [2.45, 2.75) is 25.7 Å². The quantitative estimate of drug-likeness (QED) is 0.848. The molecule has 128 valence electrons. The SMILES string of the molecule is C[C@@H](OC(=O)c1ccc(C(F)(F)F)cc1)C(=O)NCc1ccco1. The van der Waals surface area contributed by atoms with Crippen molar-refractivity contribution in [1.82, 2.24) is 5.32 Å². The minimum Gasteiger partial charge on any atom is -0.467 e. The summed E-state index contributed by atoms with van der Waals surface area (Å²) in [6.07, 6.45) is -4.13. The van der Waals surface area contributed by atoms with Crippen LogP contribution in [0.5, 0.6) is 0 Å². The summed E-state index contributed by atoms with van der Waals surface area (Å²) >= 11 is 0. The fraction of sp³-hybridized carbons (Fsp3) is 0.250. The van der Waals surface area contributed by atoms with E-state index in [0.717, 1.165) is 24.3 Å². The number of halogens is 3. The fourth-order valence-corrected chi connectivity index (χ4v) is 1.81. The van der Waals surface area contributed by atoms with Crippen molar-refractivity contribution >= 4 is 11.9 Å². The number of esters is 1. The molecule has 1 aromatic heterocycles. The number of alkyl halides is 3. The highest BCUT2D eigenvalue weighted by atomic mass is 19.4. The topological polar surface area (TPSA) is 68.5 Å². The van der Waals surface area contributed by atoms with E-state index >= 15 is 0 Å². The van der Waals surface area contributed by atoms with Crippen molar-refractivity contribution in [1.29, 1.82) is 0 Å². The second kappa shape index (κ2) is 7.20. The van der Waals surface area contributed by atoms with E-state index in [1.54, 1.807) is 12.1 Å². The van der Waals surface area contributed by atoms with Gasteiger partial charge in [0.1, 0.15) is 5.76 Å². The molecule has 0 aliphatic heterocycles. The predicted molar refractivity (Wildman–Crippen MR) is 76.9 cm³/mol. The number of nitrogens with one attached hydrogen (secondary N) is 1. The molecule has 0 bridgehead atoms. The third-order valence-corrected chi connectivity index (χ3v) is 3.12. The van der Waals surface area contributed by atoms with Gasteiger partial charge in [0.15, 0.2) is 6.10 Å². The molecule has 0 saturated heterocycles. The summed E-state index contributed by atoms with van der Waals surface area (Å²) < 4.78 is 47.4. The Balaban J connectivity index is 1.89. The van der Waals surface area contributed by atoms with E-state index in [4.69, 9.17) is 9.15 Å². The van der Waals surface area contributed by atoms with Crippen LogP contribution >= 0.6 is 0 Å². The molecule has 2 aromatic rings. The molecule has 1 aromatic carbocycles. The molecule has 1 N–H and O–H groups in total. The van der Waals surface area contributed by atoms with Gasteiger partial charge in [0.25, 0.3) is 5.91 Å². The van der Waals surface area contributed by atoms with Gasteiger partial charge in [0.05, 0.1) is 23.9 Å². The summed E-state index contributed by atoms with van der Waals surface area (Å²) in [6, 6.07) is 6.88. The molecule has 2 rings (SSSR count). The smallest absolute Gasteiger partial charge is 0.416 e. The van der Waals surface area contributed by atoms with Gasteiger partial charge in [-0.05, 0) is 43.3 Å². The number of benzene rings is 1. The van der Waals surface area contributed by atoms with Gasteiger partial charge in [0.2, 0.25) is 0 Å². The van der Waals surface area contributed by atoms with Crippen molar-refractivity contribution < 1.29 is 31.9 Å². The maximum absolute atomic E-state index is 12.5. The second-order valence-corrected chi connectivity index (χ2v) is 4.92. The first-order chi connectivity index (χ1) is 11.3. The van der Waals surface area contributed by atoms with Crippen LogP contribution in [0.15, 0.2) is 47.1 Å². The maximum Gasteiger partial charge on any atom is 0.416 e. The zero-order valence-electron chi connectivity index (χ0n) is 12.6. The van der Waals surface area contributed by atoms with Crippen molar-refractivity contribution in [3.63, 3.8) is 0 Å². The lowest BCUT2D eigenvalue weighted by Crippen LogP contribution is -2.35. The first-order valence-corrected chi connectivity index (χ1v) is 6.95. The Bertz CT molecular complexity index is 693. The zero-order chi connectivity index (χ0) is 17.7. The number of ether oxygens (including phenoxy) is 1. The van der Waals surface area contributed by atoms with Crippen LogP contribution in [0.3, 0.4) is 0 Å². The molecular weight excluding hydrogens is 327 g/mol. The lowest BCUT2D eigenvalue weighted by Gasteiger charge is -2.13. The molecule has 0 spiro atoms. The molecular formula is C16H14F3NO4. The average molecular weight is 341 g/mol. The van der Waals surface area contributed by atoms with E-state index in [1.165, 1.54) is 13.2 Å². The summed E-state index contributed by atoms with van der Waals surface area (Å²) in [4.78, 5) is 23.7. The monoisotopic (exact) mass is 341 g/mol. The molecule has 0 aliphatic carbocycles. The third kappa shape index (κ3) is 4.61. The summed E-state index contributed by atoms with van der Waals surface area (Å²) in [5, 5.41) is 2.51. The Kier molecular flexibility index (Phi) is 5.28. The van der Waals surface area contributed by atoms with Crippen LogP contribution in [0.1, 0.15) is 28.6 Å². The van der Waals surface area contributed by atoms with Gasteiger partial charge in [-0.1, -0.05) is 0 Å². The molecule has 0 fully saturated rings. The van der Waals surface area contributed by atoms with Gasteiger partial charge >= 0.3 is 12.1 Å². The van der Waals surface area contributed by atoms with Crippen LogP contribution in [0, 0.1) is 0 Å². The number of carbonyl (C=O) groups is 2. The van der Waals surface area contributed by atoms with Crippen molar-refractivity contribution in [3.05, 3.63) is 59.5 Å². The Hall–Kier alpha value is -2.77. The largest absolute Gasteiger partial charge is 0.467 e. The normalized spacial score (nSPS) is 12.5. The Labute approximate surface area is 135 Å². The van der Waals surface area contributed by atoms with Crippen LogP contribution < -0.4 is 5.32 Å². The number of hydrogen-bond donors (Lipinski definition) is 1. The van der Waals surface area contributed by atoms with Crippen LogP contribution in [0.25, 0.3) is 0 Å². The van der Waals surface area contributed by atoms with Crippen molar-refractivity contribution in [2.24, 2.45) is 0 Å². The first kappa shape index (κ1) is 17.6. The number of rotatable bonds is 5. The number of hydrogen-bond acceptors (Lipinski definition) is 4. The number of carbonyl (C=O) groups excluding carboxylic acids is 2. The Morgan fingerprint density at radius 2 is 1.88 bits per heavy atom. The Morgan fingerprint density at radius 1 is 1.21 bits per heavy atom. The second-order valence-electron chi connectivity index (χ2n) is 4.92. The lowest BCUT2D eigenvalue weighted by atomic mass is 10.1. The third-order valence-electron chi connectivity index (χ3n) is 3.12. The zero-order valence-corrected chi connectivity index (χ0v) is 12.6. The van der Waals surface area contributed by atoms with E-state index in [2.05, 4.69) is 5.32 Å². The summed E-state index contributed by atoms with van der Waals surface area (Å²) in [5.74, 6) is -0.902. The number of furan rings is 1. The van der Waals surface area contributed by atoms with Crippen LogP contribution in [0.4, 0.5) is 13.2 Å². The van der Waals surface area contributed by atoms with Gasteiger partial charge in [-0.25, -0.2) is 4.79 Å². The Morgan fingerprint density at radius 3 is 2.42 bits per heavy atom. The highest BCUT2D eigenvalue weighted by Crippen LogP contribution is 2.29. The summed E-state index contributed by atoms with van der Waals surface area (Å²) in [7, 11) is 0. The van der Waals surface area contributed by atoms with E-state index in [9.17, 15) is 22.8 Å². The van der Waals surface area contributed by atoms with E-state index in [-0.39, 0.29) is 12.1 Å². The minimum atomic E-state index is -4.48. The molecule has 0 saturated carbocycles. The highest BCUT2D eigenvalue weighted by molar-refractivity contribution is 5.92. The fourth-order valence-electron chi connectivity index (χ4n) is 1.81. The van der Waals surface area contributed by atoms with Gasteiger partial charge in [-0.2, -0.15) is 13.2 Å². The van der Waals surface area contributed by atoms with Crippen molar-refractivity contribution in [3.8, 4) is 0 Å². The lowest BCUT2D eigenvalue weighted by molar-refractivity contribution is -0.137. The number of amides is 1. The van der Waals surface area contributed by atoms with E-state index in [1.807, 2.05) is 0 Å². The van der Waals surface area contributed by atoms with E-state index < -0.39 is 29.7 Å². The van der Waals surface area contributed by atoms with Crippen molar-refractivity contribution in [2.75, 3.05) is 0 Å². The molecule has 0 unspecified atom stereocenters. The molecule has 1 atom stereocenters. The predicted octanol–water partition coefficient (Wildman–Crippen LogP) is 3.16. The highest BCUT2D eigenvalue weighted by Gasteiger charge is 2.30. The van der Waals surface area contributed by atoms with E-state index in [0.29, 0.717) is 5.76 Å². The van der Waals surface area contributed by atoms with Crippen LogP contribution in [-0.2, 0) is 22.3 Å². The minimum absolute atomic E-state index is 0.0753. The van der Waals surface area contributed by atoms with Crippen LogP contribution in [-0.4, -0.2) is 18.0 Å². The maximum atomic E-state index is 12.5. The average Bonchev–Trinajstić information content (AvgIpc) is 3.05. The van der Waals surface area contributed by atoms with Gasteiger partial charge in [0, 0.05) is 0 Å². The van der Waals surface area contributed by atoms with Crippen LogP contribution in [0.2, 0.25) is 0 Å². The summed E-state index contributed by atoms with van der Waals surface area (Å²) in [6.45, 7) is 1.49. The molecule has 1 heterocycles.